The van der Waals surface area contributed by atoms with E-state index in [1.54, 1.807) is 0 Å². The third-order valence-corrected chi connectivity index (χ3v) is 4.13. The van der Waals surface area contributed by atoms with Crippen molar-refractivity contribution in [3.8, 4) is 0 Å². The number of aromatic nitrogens is 2. The van der Waals surface area contributed by atoms with Gasteiger partial charge in [-0.25, -0.2) is 0 Å². The molecule has 0 unspecified atom stereocenters. The topological polar surface area (TPSA) is 59.0 Å². The molecule has 5 heteroatoms. The zero-order chi connectivity index (χ0) is 17.7. The number of hydrogen-bond acceptors (Lipinski definition) is 3. The van der Waals surface area contributed by atoms with Crippen molar-refractivity contribution in [2.75, 3.05) is 0 Å². The normalized spacial score (nSPS) is 15.1. The molecule has 0 aliphatic heterocycles. The molecule has 0 aliphatic rings. The lowest BCUT2D eigenvalue weighted by Gasteiger charge is -2.28. The monoisotopic (exact) mass is 328 g/mol. The number of carbonyl (C=O) groups excluding carboxylic acids is 1. The van der Waals surface area contributed by atoms with Crippen molar-refractivity contribution in [1.82, 2.24) is 20.4 Å². The van der Waals surface area contributed by atoms with Gasteiger partial charge in [0.15, 0.2) is 0 Å². The number of benzene rings is 1. The molecule has 0 saturated heterocycles. The van der Waals surface area contributed by atoms with E-state index >= 15 is 0 Å². The molecule has 1 amide bonds. The Morgan fingerprint density at radius 2 is 1.79 bits per heavy atom. The van der Waals surface area contributed by atoms with Gasteiger partial charge < -0.3 is 5.32 Å². The van der Waals surface area contributed by atoms with E-state index in [1.807, 2.05) is 68.2 Å². The molecule has 0 fully saturated rings. The fraction of sp³-hybridized carbons (Fsp3) is 0.474. The van der Waals surface area contributed by atoms with Gasteiger partial charge in [-0.15, -0.1) is 0 Å². The van der Waals surface area contributed by atoms with E-state index in [1.165, 1.54) is 0 Å². The summed E-state index contributed by atoms with van der Waals surface area (Å²) in [6, 6.07) is 9.76. The van der Waals surface area contributed by atoms with E-state index in [2.05, 4.69) is 29.6 Å². The lowest BCUT2D eigenvalue weighted by Crippen LogP contribution is -2.45. The van der Waals surface area contributed by atoms with Gasteiger partial charge in [0.1, 0.15) is 6.04 Å². The van der Waals surface area contributed by atoms with E-state index in [9.17, 15) is 4.79 Å². The molecule has 130 valence electrons. The quantitative estimate of drug-likeness (QED) is 0.821. The molecular weight excluding hydrogens is 300 g/mol. The minimum Gasteiger partial charge on any atom is -0.352 e. The third-order valence-electron chi connectivity index (χ3n) is 4.13. The predicted octanol–water partition coefficient (Wildman–Crippen LogP) is 3.00. The molecule has 0 bridgehead atoms. The van der Waals surface area contributed by atoms with Gasteiger partial charge in [0.2, 0.25) is 5.91 Å². The molecule has 0 aliphatic carbocycles. The number of amides is 1. The standard InChI is InChI=1S/C19H28N4O/c1-13(2)21-19(24)18(17-9-7-6-8-10-17)22-15(4)16(5)23-12-14(3)11-20-23/h6-13,15-16,18,22H,1-5H3,(H,21,24)/t15-,16-,18-/m1/s1. The van der Waals surface area contributed by atoms with E-state index in [0.29, 0.717) is 0 Å². The van der Waals surface area contributed by atoms with Crippen LogP contribution in [0.15, 0.2) is 42.7 Å². The molecule has 2 aromatic rings. The first-order valence-electron chi connectivity index (χ1n) is 8.50. The summed E-state index contributed by atoms with van der Waals surface area (Å²) in [6.07, 6.45) is 3.87. The smallest absolute Gasteiger partial charge is 0.241 e. The summed E-state index contributed by atoms with van der Waals surface area (Å²) >= 11 is 0. The third kappa shape index (κ3) is 4.68. The van der Waals surface area contributed by atoms with Gasteiger partial charge in [0.05, 0.1) is 12.2 Å². The second kappa shape index (κ2) is 8.11. The van der Waals surface area contributed by atoms with Crippen LogP contribution in [0.25, 0.3) is 0 Å². The van der Waals surface area contributed by atoms with Gasteiger partial charge in [-0.1, -0.05) is 30.3 Å². The van der Waals surface area contributed by atoms with Gasteiger partial charge in [-0.2, -0.15) is 5.10 Å². The van der Waals surface area contributed by atoms with Crippen molar-refractivity contribution < 1.29 is 4.79 Å². The van der Waals surface area contributed by atoms with Crippen molar-refractivity contribution in [3.63, 3.8) is 0 Å². The molecule has 0 radical (unpaired) electrons. The molecule has 3 atom stereocenters. The van der Waals surface area contributed by atoms with Crippen molar-refractivity contribution in [1.29, 1.82) is 0 Å². The fourth-order valence-corrected chi connectivity index (χ4v) is 2.62. The van der Waals surface area contributed by atoms with Crippen LogP contribution >= 0.6 is 0 Å². The second-order valence-corrected chi connectivity index (χ2v) is 6.70. The highest BCUT2D eigenvalue weighted by Crippen LogP contribution is 2.18. The number of nitrogens with zero attached hydrogens (tertiary/aromatic N) is 2. The molecule has 24 heavy (non-hydrogen) atoms. The Morgan fingerprint density at radius 3 is 2.33 bits per heavy atom. The van der Waals surface area contributed by atoms with Crippen LogP contribution < -0.4 is 10.6 Å². The van der Waals surface area contributed by atoms with Crippen LogP contribution in [0.3, 0.4) is 0 Å². The van der Waals surface area contributed by atoms with Crippen molar-refractivity contribution in [3.05, 3.63) is 53.9 Å². The summed E-state index contributed by atoms with van der Waals surface area (Å²) in [5, 5.41) is 10.9. The zero-order valence-electron chi connectivity index (χ0n) is 15.2. The first-order chi connectivity index (χ1) is 11.4. The summed E-state index contributed by atoms with van der Waals surface area (Å²) < 4.78 is 1.94. The van der Waals surface area contributed by atoms with Gasteiger partial charge in [0.25, 0.3) is 0 Å². The van der Waals surface area contributed by atoms with Crippen LogP contribution in [0.2, 0.25) is 0 Å². The highest BCUT2D eigenvalue weighted by atomic mass is 16.2. The largest absolute Gasteiger partial charge is 0.352 e. The Kier molecular flexibility index (Phi) is 6.15. The van der Waals surface area contributed by atoms with E-state index in [0.717, 1.165) is 11.1 Å². The maximum Gasteiger partial charge on any atom is 0.241 e. The summed E-state index contributed by atoms with van der Waals surface area (Å²) in [5.41, 5.74) is 2.09. The molecule has 1 heterocycles. The average Bonchev–Trinajstić information content (AvgIpc) is 2.98. The van der Waals surface area contributed by atoms with E-state index in [-0.39, 0.29) is 30.1 Å². The average molecular weight is 328 g/mol. The lowest BCUT2D eigenvalue weighted by molar-refractivity contribution is -0.124. The summed E-state index contributed by atoms with van der Waals surface area (Å²) in [7, 11) is 0. The van der Waals surface area contributed by atoms with Gasteiger partial charge in [0, 0.05) is 18.3 Å². The van der Waals surface area contributed by atoms with Gasteiger partial charge in [-0.3, -0.25) is 14.8 Å². The van der Waals surface area contributed by atoms with E-state index in [4.69, 9.17) is 0 Å². The summed E-state index contributed by atoms with van der Waals surface area (Å²) in [6.45, 7) is 10.2. The highest BCUT2D eigenvalue weighted by Gasteiger charge is 2.25. The molecule has 0 spiro atoms. The van der Waals surface area contributed by atoms with E-state index < -0.39 is 0 Å². The number of aryl methyl sites for hydroxylation is 1. The summed E-state index contributed by atoms with van der Waals surface area (Å²) in [4.78, 5) is 12.7. The Morgan fingerprint density at radius 1 is 1.12 bits per heavy atom. The Balaban J connectivity index is 2.16. The van der Waals surface area contributed by atoms with Crippen LogP contribution in [-0.2, 0) is 4.79 Å². The van der Waals surface area contributed by atoms with Crippen LogP contribution in [-0.4, -0.2) is 27.8 Å². The summed E-state index contributed by atoms with van der Waals surface area (Å²) in [5.74, 6) is -0.00750. The number of carbonyl (C=O) groups is 1. The fourth-order valence-electron chi connectivity index (χ4n) is 2.62. The minimum absolute atomic E-state index is 0.00750. The van der Waals surface area contributed by atoms with Crippen molar-refractivity contribution >= 4 is 5.91 Å². The van der Waals surface area contributed by atoms with Crippen LogP contribution in [0.1, 0.15) is 50.9 Å². The highest BCUT2D eigenvalue weighted by molar-refractivity contribution is 5.83. The number of hydrogen-bond donors (Lipinski definition) is 2. The molecular formula is C19H28N4O. The zero-order valence-corrected chi connectivity index (χ0v) is 15.2. The Bertz CT molecular complexity index is 650. The minimum atomic E-state index is -0.386. The molecule has 5 nitrogen and oxygen atoms in total. The van der Waals surface area contributed by atoms with Gasteiger partial charge >= 0.3 is 0 Å². The molecule has 2 rings (SSSR count). The lowest BCUT2D eigenvalue weighted by atomic mass is 10.0. The van der Waals surface area contributed by atoms with Gasteiger partial charge in [-0.05, 0) is 45.7 Å². The number of nitrogens with one attached hydrogen (secondary N) is 2. The first kappa shape index (κ1) is 18.2. The molecule has 1 aromatic carbocycles. The van der Waals surface area contributed by atoms with Crippen molar-refractivity contribution in [2.24, 2.45) is 0 Å². The Labute approximate surface area is 144 Å². The van der Waals surface area contributed by atoms with Crippen LogP contribution in [0.4, 0.5) is 0 Å². The predicted molar refractivity (Wildman–Crippen MR) is 96.7 cm³/mol. The molecule has 2 N–H and O–H groups in total. The number of rotatable bonds is 7. The maximum atomic E-state index is 12.7. The SMILES string of the molecule is Cc1cnn([C@H](C)[C@@H](C)N[C@@H](C(=O)NC(C)C)c2ccccc2)c1. The van der Waals surface area contributed by atoms with Crippen LogP contribution in [0.5, 0.6) is 0 Å². The first-order valence-corrected chi connectivity index (χ1v) is 8.50. The van der Waals surface area contributed by atoms with Crippen LogP contribution in [0, 0.1) is 6.92 Å². The maximum absolute atomic E-state index is 12.7. The Hall–Kier alpha value is -2.14. The second-order valence-electron chi connectivity index (χ2n) is 6.70. The van der Waals surface area contributed by atoms with Crippen molar-refractivity contribution in [2.45, 2.75) is 58.8 Å². The molecule has 0 saturated carbocycles. The molecule has 1 aromatic heterocycles.